The van der Waals surface area contributed by atoms with Crippen molar-refractivity contribution in [2.45, 2.75) is 30.2 Å². The summed E-state index contributed by atoms with van der Waals surface area (Å²) in [6.07, 6.45) is 0. The van der Waals surface area contributed by atoms with E-state index in [1.54, 1.807) is 0 Å². The molecule has 0 radical (unpaired) electrons. The summed E-state index contributed by atoms with van der Waals surface area (Å²) in [4.78, 5) is 12.9. The molecule has 0 aromatic heterocycles. The summed E-state index contributed by atoms with van der Waals surface area (Å²) in [5.41, 5.74) is 2.40. The molecule has 1 aromatic carbocycles. The highest BCUT2D eigenvalue weighted by atomic mass is 35.5. The van der Waals surface area contributed by atoms with Gasteiger partial charge in [-0.2, -0.15) is 0 Å². The van der Waals surface area contributed by atoms with Gasteiger partial charge in [0.1, 0.15) is 0 Å². The minimum atomic E-state index is -3.12. The van der Waals surface area contributed by atoms with Crippen molar-refractivity contribution in [2.24, 2.45) is 0 Å². The lowest BCUT2D eigenvalue weighted by Gasteiger charge is -2.14. The monoisotopic (exact) mass is 347 g/mol. The second-order valence-corrected chi connectivity index (χ2v) is 9.06. The van der Waals surface area contributed by atoms with Crippen molar-refractivity contribution in [2.75, 3.05) is 17.3 Å². The number of hydrogen-bond donors (Lipinski definition) is 1. The maximum atomic E-state index is 11.9. The highest BCUT2D eigenvalue weighted by Crippen LogP contribution is 2.22. The van der Waals surface area contributed by atoms with Gasteiger partial charge in [-0.15, -0.1) is 23.4 Å². The van der Waals surface area contributed by atoms with Gasteiger partial charge in [0.05, 0.1) is 28.7 Å². The second-order valence-electron chi connectivity index (χ2n) is 5.30. The van der Waals surface area contributed by atoms with Crippen molar-refractivity contribution in [3.8, 4) is 0 Å². The molecule has 0 bridgehead atoms. The summed E-state index contributed by atoms with van der Waals surface area (Å²) in [7, 11) is -3.12. The maximum Gasteiger partial charge on any atom is 0.230 e. The van der Waals surface area contributed by atoms with Crippen LogP contribution in [0.25, 0.3) is 0 Å². The molecule has 116 valence electrons. The van der Waals surface area contributed by atoms with E-state index in [-0.39, 0.29) is 23.2 Å². The minimum Gasteiger partial charge on any atom is -0.350 e. The molecule has 0 unspecified atom stereocenters. The average molecular weight is 348 g/mol. The number of aryl methyl sites for hydroxylation is 2. The quantitative estimate of drug-likeness (QED) is 0.667. The Kier molecular flexibility index (Phi) is 5.22. The Morgan fingerprint density at radius 3 is 2.62 bits per heavy atom. The van der Waals surface area contributed by atoms with Gasteiger partial charge in [-0.05, 0) is 37.1 Å². The molecule has 4 nitrogen and oxygen atoms in total. The van der Waals surface area contributed by atoms with Crippen LogP contribution in [-0.4, -0.2) is 43.0 Å². The summed E-state index contributed by atoms with van der Waals surface area (Å²) >= 11 is 7.39. The fourth-order valence-electron chi connectivity index (χ4n) is 2.14. The predicted molar refractivity (Wildman–Crippen MR) is 86.9 cm³/mol. The first-order chi connectivity index (χ1) is 9.77. The van der Waals surface area contributed by atoms with E-state index >= 15 is 0 Å². The summed E-state index contributed by atoms with van der Waals surface area (Å²) < 4.78 is 22.9. The van der Waals surface area contributed by atoms with Gasteiger partial charge in [0.15, 0.2) is 9.84 Å². The molecule has 21 heavy (non-hydrogen) atoms. The molecule has 1 aliphatic rings. The molecule has 1 aromatic rings. The summed E-state index contributed by atoms with van der Waals surface area (Å²) in [6, 6.07) is 5.56. The van der Waals surface area contributed by atoms with E-state index in [0.717, 1.165) is 4.90 Å². The molecule has 0 aliphatic carbocycles. The van der Waals surface area contributed by atoms with Gasteiger partial charge in [0.25, 0.3) is 0 Å². The number of nitrogens with one attached hydrogen (secondary N) is 1. The number of alkyl halides is 1. The fraction of sp³-hybridized carbons (Fsp3) is 0.500. The van der Waals surface area contributed by atoms with Crippen LogP contribution in [0, 0.1) is 13.8 Å². The first-order valence-corrected chi connectivity index (χ1v) is 9.85. The van der Waals surface area contributed by atoms with Crippen LogP contribution in [0.15, 0.2) is 23.1 Å². The standard InChI is InChI=1S/C14H18ClNO3S2/c1-9-3-4-11(5-10(9)2)20-6-14(17)16-13-8-21(18,19)7-12(13)15/h3-5,12-13H,6-8H2,1-2H3,(H,16,17)/t12-,13+/m1/s1. The average Bonchev–Trinajstić information content (AvgIpc) is 2.64. The van der Waals surface area contributed by atoms with Crippen LogP contribution in [0.3, 0.4) is 0 Å². The van der Waals surface area contributed by atoms with Crippen LogP contribution in [0.2, 0.25) is 0 Å². The van der Waals surface area contributed by atoms with E-state index in [1.165, 1.54) is 22.9 Å². The van der Waals surface area contributed by atoms with Crippen LogP contribution in [-0.2, 0) is 14.6 Å². The zero-order valence-electron chi connectivity index (χ0n) is 11.9. The lowest BCUT2D eigenvalue weighted by molar-refractivity contribution is -0.119. The maximum absolute atomic E-state index is 11.9. The lowest BCUT2D eigenvalue weighted by Crippen LogP contribution is -2.41. The molecule has 0 spiro atoms. The number of rotatable bonds is 4. The van der Waals surface area contributed by atoms with E-state index in [2.05, 4.69) is 5.32 Å². The third-order valence-electron chi connectivity index (χ3n) is 3.48. The smallest absolute Gasteiger partial charge is 0.230 e. The van der Waals surface area contributed by atoms with Crippen molar-refractivity contribution in [1.82, 2.24) is 5.32 Å². The lowest BCUT2D eigenvalue weighted by atomic mass is 10.1. The number of hydrogen-bond acceptors (Lipinski definition) is 4. The van der Waals surface area contributed by atoms with E-state index in [9.17, 15) is 13.2 Å². The summed E-state index contributed by atoms with van der Waals surface area (Å²) in [6.45, 7) is 4.07. The van der Waals surface area contributed by atoms with Crippen LogP contribution >= 0.6 is 23.4 Å². The number of amides is 1. The molecule has 1 amide bonds. The molecule has 2 rings (SSSR count). The molecule has 1 heterocycles. The van der Waals surface area contributed by atoms with Crippen molar-refractivity contribution < 1.29 is 13.2 Å². The number of halogens is 1. The van der Waals surface area contributed by atoms with E-state index in [0.29, 0.717) is 0 Å². The third kappa shape index (κ3) is 4.63. The molecular weight excluding hydrogens is 330 g/mol. The SMILES string of the molecule is Cc1ccc(SCC(=O)N[C@H]2CS(=O)(=O)C[C@H]2Cl)cc1C. The fourth-order valence-corrected chi connectivity index (χ4v) is 5.49. The molecule has 1 fully saturated rings. The number of carbonyl (C=O) groups is 1. The topological polar surface area (TPSA) is 63.2 Å². The molecular formula is C14H18ClNO3S2. The van der Waals surface area contributed by atoms with Gasteiger partial charge in [0.2, 0.25) is 5.91 Å². The van der Waals surface area contributed by atoms with Gasteiger partial charge >= 0.3 is 0 Å². The number of thioether (sulfide) groups is 1. The molecule has 1 aliphatic heterocycles. The van der Waals surface area contributed by atoms with Gasteiger partial charge < -0.3 is 5.32 Å². The Morgan fingerprint density at radius 1 is 1.33 bits per heavy atom. The Balaban J connectivity index is 1.86. The Morgan fingerprint density at radius 2 is 2.05 bits per heavy atom. The number of carbonyl (C=O) groups excluding carboxylic acids is 1. The molecule has 2 atom stereocenters. The first kappa shape index (κ1) is 16.6. The Hall–Kier alpha value is -0.720. The van der Waals surface area contributed by atoms with Crippen LogP contribution in [0.5, 0.6) is 0 Å². The minimum absolute atomic E-state index is 0.0657. The number of benzene rings is 1. The van der Waals surface area contributed by atoms with Gasteiger partial charge in [-0.1, -0.05) is 6.07 Å². The zero-order chi connectivity index (χ0) is 15.6. The first-order valence-electron chi connectivity index (χ1n) is 6.61. The van der Waals surface area contributed by atoms with Crippen LogP contribution in [0.4, 0.5) is 0 Å². The van der Waals surface area contributed by atoms with E-state index in [1.807, 2.05) is 32.0 Å². The van der Waals surface area contributed by atoms with Crippen LogP contribution in [0.1, 0.15) is 11.1 Å². The largest absolute Gasteiger partial charge is 0.350 e. The molecule has 7 heteroatoms. The normalized spacial score (nSPS) is 24.0. The predicted octanol–water partition coefficient (Wildman–Crippen LogP) is 1.92. The summed E-state index contributed by atoms with van der Waals surface area (Å²) in [5, 5.41) is 2.17. The Bertz CT molecular complexity index is 646. The number of sulfone groups is 1. The van der Waals surface area contributed by atoms with Gasteiger partial charge in [-0.25, -0.2) is 8.42 Å². The van der Waals surface area contributed by atoms with E-state index < -0.39 is 21.3 Å². The molecule has 1 N–H and O–H groups in total. The molecule has 1 saturated heterocycles. The van der Waals surface area contributed by atoms with Crippen molar-refractivity contribution in [3.05, 3.63) is 29.3 Å². The zero-order valence-corrected chi connectivity index (χ0v) is 14.3. The van der Waals surface area contributed by atoms with Gasteiger partial charge in [-0.3, -0.25) is 4.79 Å². The third-order valence-corrected chi connectivity index (χ3v) is 6.85. The van der Waals surface area contributed by atoms with Crippen molar-refractivity contribution in [1.29, 1.82) is 0 Å². The Labute approximate surface area is 134 Å². The van der Waals surface area contributed by atoms with E-state index in [4.69, 9.17) is 11.6 Å². The van der Waals surface area contributed by atoms with Crippen molar-refractivity contribution >= 4 is 39.1 Å². The summed E-state index contributed by atoms with van der Waals surface area (Å²) in [5.74, 6) is -0.0702. The van der Waals surface area contributed by atoms with Crippen molar-refractivity contribution in [3.63, 3.8) is 0 Å². The highest BCUT2D eigenvalue weighted by molar-refractivity contribution is 8.00. The van der Waals surface area contributed by atoms with Gasteiger partial charge in [0, 0.05) is 4.90 Å². The van der Waals surface area contributed by atoms with Crippen LogP contribution < -0.4 is 5.32 Å². The highest BCUT2D eigenvalue weighted by Gasteiger charge is 2.37. The molecule has 0 saturated carbocycles. The second kappa shape index (κ2) is 6.58.